The molecule has 0 fully saturated rings. The number of aliphatic hydroxyl groups excluding tert-OH is 1. The molecular weight excluding hydrogens is 212 g/mol. The minimum absolute atomic E-state index is 0.0790. The van der Waals surface area contributed by atoms with Crippen LogP contribution in [0.1, 0.15) is 6.42 Å². The Morgan fingerprint density at radius 1 is 1.38 bits per heavy atom. The molecule has 88 valence electrons. The van der Waals surface area contributed by atoms with Crippen LogP contribution >= 0.6 is 0 Å². The van der Waals surface area contributed by atoms with Gasteiger partial charge in [0.05, 0.1) is 6.61 Å². The number of amides is 3. The van der Waals surface area contributed by atoms with Gasteiger partial charge in [0.2, 0.25) is 5.91 Å². The minimum atomic E-state index is -0.386. The predicted molar refractivity (Wildman–Crippen MR) is 55.2 cm³/mol. The molecule has 6 nitrogen and oxygen atoms in total. The summed E-state index contributed by atoms with van der Waals surface area (Å²) in [7, 11) is 1.56. The maximum Gasteiger partial charge on any atom is 0.253 e. The Morgan fingerprint density at radius 3 is 2.44 bits per heavy atom. The second kappa shape index (κ2) is 5.41. The number of likely N-dealkylation sites (N-methyl/N-ethyl adjacent to an activating group) is 1. The van der Waals surface area contributed by atoms with E-state index >= 15 is 0 Å². The number of nitrogens with zero attached hydrogens (tertiary/aromatic N) is 2. The third-order valence-electron chi connectivity index (χ3n) is 2.31. The van der Waals surface area contributed by atoms with Gasteiger partial charge in [0, 0.05) is 38.7 Å². The van der Waals surface area contributed by atoms with Crippen LogP contribution in [0.25, 0.3) is 0 Å². The fourth-order valence-corrected chi connectivity index (χ4v) is 1.32. The van der Waals surface area contributed by atoms with Crippen LogP contribution in [0.3, 0.4) is 0 Å². The normalized spacial score (nSPS) is 14.8. The molecular formula is C10H14N2O4. The first kappa shape index (κ1) is 12.4. The van der Waals surface area contributed by atoms with E-state index in [1.54, 1.807) is 7.05 Å². The second-order valence-electron chi connectivity index (χ2n) is 3.45. The lowest BCUT2D eigenvalue weighted by Gasteiger charge is -2.18. The number of carbonyl (C=O) groups excluding carboxylic acids is 3. The lowest BCUT2D eigenvalue weighted by molar-refractivity contribution is -0.138. The topological polar surface area (TPSA) is 77.9 Å². The predicted octanol–water partition coefficient (Wildman–Crippen LogP) is -1.25. The van der Waals surface area contributed by atoms with E-state index in [0.717, 1.165) is 4.90 Å². The van der Waals surface area contributed by atoms with Gasteiger partial charge in [-0.25, -0.2) is 0 Å². The molecule has 1 rings (SSSR count). The molecule has 0 aliphatic carbocycles. The highest BCUT2D eigenvalue weighted by atomic mass is 16.3. The van der Waals surface area contributed by atoms with Gasteiger partial charge < -0.3 is 10.0 Å². The number of aliphatic hydroxyl groups is 1. The van der Waals surface area contributed by atoms with E-state index in [1.807, 2.05) is 0 Å². The van der Waals surface area contributed by atoms with Gasteiger partial charge in [-0.05, 0) is 0 Å². The number of hydrogen-bond donors (Lipinski definition) is 1. The molecule has 0 saturated heterocycles. The van der Waals surface area contributed by atoms with Gasteiger partial charge in [-0.1, -0.05) is 0 Å². The van der Waals surface area contributed by atoms with E-state index in [-0.39, 0.29) is 43.8 Å². The zero-order valence-electron chi connectivity index (χ0n) is 9.05. The van der Waals surface area contributed by atoms with E-state index in [0.29, 0.717) is 0 Å². The molecule has 3 amide bonds. The number of rotatable bonds is 5. The molecule has 16 heavy (non-hydrogen) atoms. The molecule has 1 N–H and O–H groups in total. The summed E-state index contributed by atoms with van der Waals surface area (Å²) in [5, 5.41) is 8.63. The van der Waals surface area contributed by atoms with Crippen molar-refractivity contribution in [1.82, 2.24) is 9.80 Å². The van der Waals surface area contributed by atoms with E-state index in [4.69, 9.17) is 5.11 Å². The average Bonchev–Trinajstić information content (AvgIpc) is 2.56. The molecule has 1 heterocycles. The lowest BCUT2D eigenvalue weighted by atomic mass is 10.3. The van der Waals surface area contributed by atoms with Crippen molar-refractivity contribution >= 4 is 17.7 Å². The van der Waals surface area contributed by atoms with E-state index in [9.17, 15) is 14.4 Å². The Labute approximate surface area is 93.1 Å². The monoisotopic (exact) mass is 226 g/mol. The maximum absolute atomic E-state index is 11.4. The first-order valence-electron chi connectivity index (χ1n) is 4.94. The molecule has 0 aromatic carbocycles. The molecule has 0 aromatic rings. The minimum Gasteiger partial charge on any atom is -0.395 e. The van der Waals surface area contributed by atoms with Crippen LogP contribution in [-0.4, -0.2) is 59.4 Å². The third-order valence-corrected chi connectivity index (χ3v) is 2.31. The summed E-state index contributed by atoms with van der Waals surface area (Å²) < 4.78 is 0. The van der Waals surface area contributed by atoms with Gasteiger partial charge in [-0.3, -0.25) is 19.3 Å². The Hall–Kier alpha value is -1.69. The zero-order chi connectivity index (χ0) is 12.1. The fraction of sp³-hybridized carbons (Fsp3) is 0.500. The van der Waals surface area contributed by atoms with Crippen molar-refractivity contribution < 1.29 is 19.5 Å². The summed E-state index contributed by atoms with van der Waals surface area (Å²) in [6, 6.07) is 0. The largest absolute Gasteiger partial charge is 0.395 e. The molecule has 1 aliphatic heterocycles. The third kappa shape index (κ3) is 2.90. The van der Waals surface area contributed by atoms with E-state index in [1.165, 1.54) is 17.1 Å². The number of carbonyl (C=O) groups is 3. The summed E-state index contributed by atoms with van der Waals surface area (Å²) in [6.07, 6.45) is 2.45. The van der Waals surface area contributed by atoms with Gasteiger partial charge in [0.15, 0.2) is 0 Å². The lowest BCUT2D eigenvalue weighted by Crippen LogP contribution is -2.36. The molecule has 0 aromatic heterocycles. The molecule has 6 heteroatoms. The Balaban J connectivity index is 2.37. The first-order chi connectivity index (χ1) is 7.56. The van der Waals surface area contributed by atoms with Crippen LogP contribution < -0.4 is 0 Å². The smallest absolute Gasteiger partial charge is 0.253 e. The van der Waals surface area contributed by atoms with Crippen LogP contribution in [0.2, 0.25) is 0 Å². The highest BCUT2D eigenvalue weighted by molar-refractivity contribution is 6.13. The summed E-state index contributed by atoms with van der Waals surface area (Å²) in [4.78, 5) is 36.1. The molecule has 0 radical (unpaired) electrons. The molecule has 0 saturated carbocycles. The maximum atomic E-state index is 11.4. The summed E-state index contributed by atoms with van der Waals surface area (Å²) in [5.41, 5.74) is 0. The molecule has 0 unspecified atom stereocenters. The fourth-order valence-electron chi connectivity index (χ4n) is 1.32. The van der Waals surface area contributed by atoms with Crippen molar-refractivity contribution in [1.29, 1.82) is 0 Å². The summed E-state index contributed by atoms with van der Waals surface area (Å²) >= 11 is 0. The van der Waals surface area contributed by atoms with Gasteiger partial charge in [0.25, 0.3) is 11.8 Å². The van der Waals surface area contributed by atoms with Crippen molar-refractivity contribution in [3.63, 3.8) is 0 Å². The SMILES string of the molecule is CN(CCO)C(=O)CCN1C(=O)C=CC1=O. The van der Waals surface area contributed by atoms with Gasteiger partial charge in [-0.2, -0.15) is 0 Å². The zero-order valence-corrected chi connectivity index (χ0v) is 9.05. The molecule has 0 spiro atoms. The molecule has 0 atom stereocenters. The van der Waals surface area contributed by atoms with Crippen LogP contribution in [0, 0.1) is 0 Å². The van der Waals surface area contributed by atoms with E-state index < -0.39 is 0 Å². The van der Waals surface area contributed by atoms with Gasteiger partial charge in [0.1, 0.15) is 0 Å². The van der Waals surface area contributed by atoms with E-state index in [2.05, 4.69) is 0 Å². The van der Waals surface area contributed by atoms with Crippen molar-refractivity contribution in [2.45, 2.75) is 6.42 Å². The van der Waals surface area contributed by atoms with Crippen LogP contribution in [-0.2, 0) is 14.4 Å². The van der Waals surface area contributed by atoms with Crippen molar-refractivity contribution in [2.75, 3.05) is 26.7 Å². The quantitative estimate of drug-likeness (QED) is 0.594. The Bertz CT molecular complexity index is 320. The standard InChI is InChI=1S/C10H14N2O4/c1-11(6-7-13)8(14)4-5-12-9(15)2-3-10(12)16/h2-3,13H,4-7H2,1H3. The Kier molecular flexibility index (Phi) is 4.19. The highest BCUT2D eigenvalue weighted by Gasteiger charge is 2.23. The summed E-state index contributed by atoms with van der Waals surface area (Å²) in [6.45, 7) is 0.226. The molecule has 1 aliphatic rings. The first-order valence-corrected chi connectivity index (χ1v) is 4.94. The van der Waals surface area contributed by atoms with Crippen LogP contribution in [0.4, 0.5) is 0 Å². The Morgan fingerprint density at radius 2 is 1.94 bits per heavy atom. The van der Waals surface area contributed by atoms with Crippen molar-refractivity contribution in [3.8, 4) is 0 Å². The van der Waals surface area contributed by atoms with Crippen LogP contribution in [0.5, 0.6) is 0 Å². The summed E-state index contributed by atoms with van der Waals surface area (Å²) in [5.74, 6) is -0.980. The second-order valence-corrected chi connectivity index (χ2v) is 3.45. The van der Waals surface area contributed by atoms with Gasteiger partial charge >= 0.3 is 0 Å². The van der Waals surface area contributed by atoms with Crippen LogP contribution in [0.15, 0.2) is 12.2 Å². The average molecular weight is 226 g/mol. The molecule has 0 bridgehead atoms. The van der Waals surface area contributed by atoms with Gasteiger partial charge in [-0.15, -0.1) is 0 Å². The van der Waals surface area contributed by atoms with Crippen molar-refractivity contribution in [2.24, 2.45) is 0 Å². The number of imide groups is 1. The highest BCUT2D eigenvalue weighted by Crippen LogP contribution is 2.04. The van der Waals surface area contributed by atoms with Crippen molar-refractivity contribution in [3.05, 3.63) is 12.2 Å². The number of hydrogen-bond acceptors (Lipinski definition) is 4.